The van der Waals surface area contributed by atoms with Gasteiger partial charge in [0, 0.05) is 19.3 Å². The molecule has 5 nitrogen and oxygen atoms in total. The lowest BCUT2D eigenvalue weighted by Crippen LogP contribution is -2.29. The van der Waals surface area contributed by atoms with E-state index >= 15 is 0 Å². The van der Waals surface area contributed by atoms with Gasteiger partial charge in [0.1, 0.15) is 11.4 Å². The van der Waals surface area contributed by atoms with Gasteiger partial charge in [-0.3, -0.25) is 9.59 Å². The van der Waals surface area contributed by atoms with E-state index in [1.807, 2.05) is 18.2 Å². The van der Waals surface area contributed by atoms with Crippen LogP contribution in [0.25, 0.3) is 0 Å². The molecule has 5 heteroatoms. The first-order chi connectivity index (χ1) is 11.1. The number of pyridine rings is 1. The average molecular weight is 311 g/mol. The normalized spacial score (nSPS) is 10.2. The Labute approximate surface area is 136 Å². The van der Waals surface area contributed by atoms with E-state index in [4.69, 9.17) is 0 Å². The van der Waals surface area contributed by atoms with Crippen LogP contribution in [-0.2, 0) is 0 Å². The Kier molecular flexibility index (Phi) is 5.86. The Balaban J connectivity index is 2.10. The van der Waals surface area contributed by atoms with Crippen LogP contribution < -0.4 is 5.32 Å². The maximum absolute atomic E-state index is 12.3. The van der Waals surface area contributed by atoms with Crippen LogP contribution in [0, 0.1) is 0 Å². The predicted molar refractivity (Wildman–Crippen MR) is 90.5 cm³/mol. The molecule has 0 aliphatic heterocycles. The number of amides is 2. The summed E-state index contributed by atoms with van der Waals surface area (Å²) in [7, 11) is 1.75. The minimum Gasteiger partial charge on any atom is -0.340 e. The summed E-state index contributed by atoms with van der Waals surface area (Å²) in [4.78, 5) is 30.4. The summed E-state index contributed by atoms with van der Waals surface area (Å²) in [5, 5.41) is 2.76. The van der Waals surface area contributed by atoms with E-state index in [0.29, 0.717) is 12.2 Å². The second-order valence-electron chi connectivity index (χ2n) is 5.31. The number of para-hydroxylation sites is 1. The number of nitrogens with one attached hydrogen (secondary N) is 1. The van der Waals surface area contributed by atoms with Crippen LogP contribution in [0.2, 0.25) is 0 Å². The van der Waals surface area contributed by atoms with Gasteiger partial charge in [-0.05, 0) is 30.7 Å². The molecule has 1 N–H and O–H groups in total. The van der Waals surface area contributed by atoms with E-state index in [9.17, 15) is 9.59 Å². The van der Waals surface area contributed by atoms with Crippen molar-refractivity contribution >= 4 is 17.5 Å². The topological polar surface area (TPSA) is 62.3 Å². The van der Waals surface area contributed by atoms with Crippen molar-refractivity contribution in [2.75, 3.05) is 18.9 Å². The van der Waals surface area contributed by atoms with Crippen molar-refractivity contribution in [3.8, 4) is 0 Å². The number of benzene rings is 1. The number of anilines is 1. The molecule has 0 aliphatic carbocycles. The smallest absolute Gasteiger partial charge is 0.274 e. The molecule has 0 radical (unpaired) electrons. The molecule has 0 saturated heterocycles. The minimum atomic E-state index is -0.331. The molecule has 1 aromatic carbocycles. The van der Waals surface area contributed by atoms with Gasteiger partial charge in [-0.2, -0.15) is 0 Å². The van der Waals surface area contributed by atoms with Crippen LogP contribution in [0.4, 0.5) is 5.69 Å². The minimum absolute atomic E-state index is 0.173. The molecule has 120 valence electrons. The van der Waals surface area contributed by atoms with Crippen molar-refractivity contribution in [1.29, 1.82) is 0 Å². The summed E-state index contributed by atoms with van der Waals surface area (Å²) in [5.41, 5.74) is 1.20. The largest absolute Gasteiger partial charge is 0.340 e. The van der Waals surface area contributed by atoms with Crippen molar-refractivity contribution in [2.24, 2.45) is 0 Å². The number of aromatic nitrogens is 1. The maximum Gasteiger partial charge on any atom is 0.274 e. The highest BCUT2D eigenvalue weighted by Gasteiger charge is 2.15. The zero-order chi connectivity index (χ0) is 16.7. The zero-order valence-corrected chi connectivity index (χ0v) is 13.5. The molecule has 0 atom stereocenters. The lowest BCUT2D eigenvalue weighted by Gasteiger charge is -2.16. The highest BCUT2D eigenvalue weighted by atomic mass is 16.2. The summed E-state index contributed by atoms with van der Waals surface area (Å²) in [6.07, 6.45) is 1.96. The number of carbonyl (C=O) groups excluding carboxylic acids is 2. The summed E-state index contributed by atoms with van der Waals surface area (Å²) >= 11 is 0. The fraction of sp³-hybridized carbons (Fsp3) is 0.278. The molecule has 1 aromatic heterocycles. The fourth-order valence-electron chi connectivity index (χ4n) is 2.09. The van der Waals surface area contributed by atoms with E-state index in [0.717, 1.165) is 12.8 Å². The summed E-state index contributed by atoms with van der Waals surface area (Å²) in [6.45, 7) is 2.75. The third kappa shape index (κ3) is 4.64. The highest BCUT2D eigenvalue weighted by Crippen LogP contribution is 2.09. The second-order valence-corrected chi connectivity index (χ2v) is 5.31. The van der Waals surface area contributed by atoms with Crippen LogP contribution >= 0.6 is 0 Å². The summed E-state index contributed by atoms with van der Waals surface area (Å²) < 4.78 is 0. The first kappa shape index (κ1) is 16.7. The van der Waals surface area contributed by atoms with Crippen molar-refractivity contribution in [3.63, 3.8) is 0 Å². The van der Waals surface area contributed by atoms with Crippen molar-refractivity contribution in [3.05, 3.63) is 59.9 Å². The fourth-order valence-corrected chi connectivity index (χ4v) is 2.09. The van der Waals surface area contributed by atoms with Crippen molar-refractivity contribution in [2.45, 2.75) is 19.8 Å². The van der Waals surface area contributed by atoms with E-state index < -0.39 is 0 Å². The summed E-state index contributed by atoms with van der Waals surface area (Å²) in [6, 6.07) is 14.0. The Morgan fingerprint density at radius 2 is 1.74 bits per heavy atom. The Morgan fingerprint density at radius 3 is 2.43 bits per heavy atom. The van der Waals surface area contributed by atoms with Crippen LogP contribution in [0.3, 0.4) is 0 Å². The van der Waals surface area contributed by atoms with Gasteiger partial charge in [0.15, 0.2) is 0 Å². The van der Waals surface area contributed by atoms with E-state index in [1.54, 1.807) is 42.3 Å². The second kappa shape index (κ2) is 8.08. The monoisotopic (exact) mass is 311 g/mol. The molecular weight excluding hydrogens is 290 g/mol. The number of hydrogen-bond donors (Lipinski definition) is 1. The molecule has 0 saturated carbocycles. The molecular formula is C18H21N3O2. The summed E-state index contributed by atoms with van der Waals surface area (Å²) in [5.74, 6) is -0.505. The van der Waals surface area contributed by atoms with E-state index in [2.05, 4.69) is 17.2 Å². The van der Waals surface area contributed by atoms with Gasteiger partial charge < -0.3 is 10.2 Å². The van der Waals surface area contributed by atoms with Gasteiger partial charge in [-0.1, -0.05) is 37.6 Å². The maximum atomic E-state index is 12.3. The molecule has 2 amide bonds. The Hall–Kier alpha value is -2.69. The molecule has 23 heavy (non-hydrogen) atoms. The molecule has 0 spiro atoms. The molecule has 0 unspecified atom stereocenters. The number of hydrogen-bond acceptors (Lipinski definition) is 3. The van der Waals surface area contributed by atoms with Gasteiger partial charge in [-0.15, -0.1) is 0 Å². The van der Waals surface area contributed by atoms with Gasteiger partial charge >= 0.3 is 0 Å². The standard InChI is InChI=1S/C18H21N3O2/c1-3-4-13-21(2)18(23)16-12-8-11-15(20-16)17(22)19-14-9-6-5-7-10-14/h5-12H,3-4,13H2,1-2H3,(H,19,22). The molecule has 2 rings (SSSR count). The zero-order valence-electron chi connectivity index (χ0n) is 13.5. The van der Waals surface area contributed by atoms with Crippen LogP contribution in [-0.4, -0.2) is 35.3 Å². The van der Waals surface area contributed by atoms with Gasteiger partial charge in [0.2, 0.25) is 0 Å². The Morgan fingerprint density at radius 1 is 1.04 bits per heavy atom. The molecule has 2 aromatic rings. The van der Waals surface area contributed by atoms with Crippen LogP contribution in [0.15, 0.2) is 48.5 Å². The number of rotatable bonds is 6. The first-order valence-corrected chi connectivity index (χ1v) is 7.70. The third-order valence-electron chi connectivity index (χ3n) is 3.43. The quantitative estimate of drug-likeness (QED) is 0.891. The van der Waals surface area contributed by atoms with E-state index in [1.165, 1.54) is 0 Å². The lowest BCUT2D eigenvalue weighted by molar-refractivity contribution is 0.0787. The molecule has 0 bridgehead atoms. The third-order valence-corrected chi connectivity index (χ3v) is 3.43. The molecule has 1 heterocycles. The molecule has 0 aliphatic rings. The predicted octanol–water partition coefficient (Wildman–Crippen LogP) is 3.21. The van der Waals surface area contributed by atoms with Crippen molar-refractivity contribution in [1.82, 2.24) is 9.88 Å². The van der Waals surface area contributed by atoms with E-state index in [-0.39, 0.29) is 23.2 Å². The number of carbonyl (C=O) groups is 2. The van der Waals surface area contributed by atoms with Gasteiger partial charge in [-0.25, -0.2) is 4.98 Å². The first-order valence-electron chi connectivity index (χ1n) is 7.70. The number of nitrogens with zero attached hydrogens (tertiary/aromatic N) is 2. The Bertz CT molecular complexity index is 671. The lowest BCUT2D eigenvalue weighted by atomic mass is 10.2. The van der Waals surface area contributed by atoms with Gasteiger partial charge in [0.05, 0.1) is 0 Å². The van der Waals surface area contributed by atoms with Gasteiger partial charge in [0.25, 0.3) is 11.8 Å². The van der Waals surface area contributed by atoms with Crippen LogP contribution in [0.1, 0.15) is 40.7 Å². The number of unbranched alkanes of at least 4 members (excludes halogenated alkanes) is 1. The molecule has 0 fully saturated rings. The highest BCUT2D eigenvalue weighted by molar-refractivity contribution is 6.03. The van der Waals surface area contributed by atoms with Crippen molar-refractivity contribution < 1.29 is 9.59 Å². The average Bonchev–Trinajstić information content (AvgIpc) is 2.60. The SMILES string of the molecule is CCCCN(C)C(=O)c1cccc(C(=O)Nc2ccccc2)n1. The van der Waals surface area contributed by atoms with Crippen LogP contribution in [0.5, 0.6) is 0 Å².